The second-order valence-electron chi connectivity index (χ2n) is 6.05. The molecule has 0 aromatic heterocycles. The van der Waals surface area contributed by atoms with Gasteiger partial charge in [0, 0.05) is 23.7 Å². The lowest BCUT2D eigenvalue weighted by Gasteiger charge is -2.27. The highest BCUT2D eigenvalue weighted by Gasteiger charge is 2.38. The van der Waals surface area contributed by atoms with Crippen molar-refractivity contribution < 1.29 is 19.4 Å². The molecule has 1 aromatic carbocycles. The molecule has 1 aromatic rings. The summed E-state index contributed by atoms with van der Waals surface area (Å²) in [7, 11) is 0. The fraction of sp³-hybridized carbons (Fsp3) is 0.529. The molecule has 23 heavy (non-hydrogen) atoms. The molecule has 1 aliphatic rings. The maximum atomic E-state index is 12.1. The van der Waals surface area contributed by atoms with E-state index in [1.54, 1.807) is 11.8 Å². The van der Waals surface area contributed by atoms with Crippen molar-refractivity contribution in [2.24, 2.45) is 0 Å². The molecule has 1 unspecified atom stereocenters. The minimum absolute atomic E-state index is 0.0942. The van der Waals surface area contributed by atoms with Crippen molar-refractivity contribution in [2.45, 2.75) is 43.5 Å². The van der Waals surface area contributed by atoms with Crippen LogP contribution in [0.1, 0.15) is 30.4 Å². The molecule has 1 aliphatic heterocycles. The van der Waals surface area contributed by atoms with Crippen LogP contribution in [0.4, 0.5) is 0 Å². The lowest BCUT2D eigenvalue weighted by Crippen LogP contribution is -2.50. The number of hydrogen-bond donors (Lipinski definition) is 2. The highest BCUT2D eigenvalue weighted by Crippen LogP contribution is 2.24. The largest absolute Gasteiger partial charge is 0.481 e. The predicted molar refractivity (Wildman–Crippen MR) is 89.8 cm³/mol. The van der Waals surface area contributed by atoms with Crippen molar-refractivity contribution in [3.05, 3.63) is 29.3 Å². The average molecular weight is 337 g/mol. The molecule has 5 nitrogen and oxygen atoms in total. The number of rotatable bonds is 7. The number of nitrogens with one attached hydrogen (secondary N) is 1. The molecule has 2 N–H and O–H groups in total. The van der Waals surface area contributed by atoms with Gasteiger partial charge in [0.25, 0.3) is 0 Å². The number of aryl methyl sites for hydroxylation is 2. The van der Waals surface area contributed by atoms with E-state index < -0.39 is 11.5 Å². The lowest BCUT2D eigenvalue weighted by molar-refractivity contribution is -0.139. The highest BCUT2D eigenvalue weighted by atomic mass is 32.2. The first-order valence-corrected chi connectivity index (χ1v) is 8.69. The predicted octanol–water partition coefficient (Wildman–Crippen LogP) is 2.54. The number of carboxylic acids is 1. The van der Waals surface area contributed by atoms with Crippen LogP contribution in [0, 0.1) is 13.8 Å². The van der Waals surface area contributed by atoms with Gasteiger partial charge in [-0.1, -0.05) is 6.07 Å². The summed E-state index contributed by atoms with van der Waals surface area (Å²) in [6.45, 7) is 4.91. The van der Waals surface area contributed by atoms with Gasteiger partial charge in [0.05, 0.1) is 18.6 Å². The number of benzene rings is 1. The fourth-order valence-electron chi connectivity index (χ4n) is 2.60. The van der Waals surface area contributed by atoms with E-state index in [0.29, 0.717) is 25.2 Å². The normalized spacial score (nSPS) is 20.4. The summed E-state index contributed by atoms with van der Waals surface area (Å²) in [5, 5.41) is 11.9. The van der Waals surface area contributed by atoms with Gasteiger partial charge in [-0.25, -0.2) is 0 Å². The van der Waals surface area contributed by atoms with Crippen LogP contribution in [0.2, 0.25) is 0 Å². The molecule has 1 heterocycles. The van der Waals surface area contributed by atoms with E-state index in [1.165, 1.54) is 11.1 Å². The maximum absolute atomic E-state index is 12.1. The number of ether oxygens (including phenoxy) is 1. The first-order valence-electron chi connectivity index (χ1n) is 7.71. The van der Waals surface area contributed by atoms with Crippen molar-refractivity contribution in [3.8, 4) is 0 Å². The van der Waals surface area contributed by atoms with Crippen molar-refractivity contribution in [1.29, 1.82) is 0 Å². The Kier molecular flexibility index (Phi) is 6.07. The first kappa shape index (κ1) is 17.8. The summed E-state index contributed by atoms with van der Waals surface area (Å²) < 4.78 is 5.28. The van der Waals surface area contributed by atoms with Gasteiger partial charge in [-0.2, -0.15) is 0 Å². The number of aliphatic carboxylic acids is 1. The molecule has 1 fully saturated rings. The van der Waals surface area contributed by atoms with Gasteiger partial charge < -0.3 is 15.2 Å². The Bertz CT molecular complexity index is 582. The van der Waals surface area contributed by atoms with E-state index in [-0.39, 0.29) is 18.9 Å². The number of carbonyl (C=O) groups is 2. The van der Waals surface area contributed by atoms with Crippen molar-refractivity contribution in [3.63, 3.8) is 0 Å². The molecule has 0 radical (unpaired) electrons. The Balaban J connectivity index is 1.82. The molecule has 0 aliphatic carbocycles. The Morgan fingerprint density at radius 1 is 1.35 bits per heavy atom. The molecule has 6 heteroatoms. The summed E-state index contributed by atoms with van der Waals surface area (Å²) in [6.07, 6.45) is 0.817. The van der Waals surface area contributed by atoms with E-state index in [0.717, 1.165) is 4.90 Å². The zero-order chi connectivity index (χ0) is 16.9. The van der Waals surface area contributed by atoms with Crippen molar-refractivity contribution >= 4 is 23.6 Å². The third-order valence-corrected chi connectivity index (χ3v) is 5.07. The summed E-state index contributed by atoms with van der Waals surface area (Å²) in [6, 6.07) is 6.26. The lowest BCUT2D eigenvalue weighted by atomic mass is 9.94. The van der Waals surface area contributed by atoms with Crippen molar-refractivity contribution in [2.75, 3.05) is 19.0 Å². The number of carboxylic acid groups (broad SMARTS) is 1. The molecule has 0 saturated carbocycles. The second-order valence-corrected chi connectivity index (χ2v) is 7.21. The molecule has 0 spiro atoms. The van der Waals surface area contributed by atoms with Gasteiger partial charge >= 0.3 is 5.97 Å². The van der Waals surface area contributed by atoms with Crippen LogP contribution in [0.15, 0.2) is 23.1 Å². The zero-order valence-corrected chi connectivity index (χ0v) is 14.4. The van der Waals surface area contributed by atoms with Gasteiger partial charge in [-0.05, 0) is 43.5 Å². The van der Waals surface area contributed by atoms with Crippen LogP contribution in [0.3, 0.4) is 0 Å². The molecular formula is C17H23NO4S. The minimum atomic E-state index is -0.916. The number of hydrogen-bond acceptors (Lipinski definition) is 4. The van der Waals surface area contributed by atoms with E-state index in [2.05, 4.69) is 37.4 Å². The Morgan fingerprint density at radius 3 is 2.74 bits per heavy atom. The van der Waals surface area contributed by atoms with E-state index >= 15 is 0 Å². The number of carbonyl (C=O) groups excluding carboxylic acids is 1. The second kappa shape index (κ2) is 7.84. The molecule has 0 bridgehead atoms. The molecule has 1 amide bonds. The van der Waals surface area contributed by atoms with E-state index in [1.807, 2.05) is 0 Å². The average Bonchev–Trinajstić information content (AvgIpc) is 2.89. The summed E-state index contributed by atoms with van der Waals surface area (Å²) in [5.74, 6) is -0.369. The van der Waals surface area contributed by atoms with Gasteiger partial charge in [-0.15, -0.1) is 11.8 Å². The fourth-order valence-corrected chi connectivity index (χ4v) is 3.55. The van der Waals surface area contributed by atoms with Gasteiger partial charge in [0.15, 0.2) is 0 Å². The maximum Gasteiger partial charge on any atom is 0.305 e. The van der Waals surface area contributed by atoms with Crippen LogP contribution >= 0.6 is 11.8 Å². The smallest absolute Gasteiger partial charge is 0.305 e. The first-order chi connectivity index (χ1) is 10.9. The van der Waals surface area contributed by atoms with Crippen LogP contribution in [-0.2, 0) is 14.3 Å². The Labute approximate surface area is 140 Å². The summed E-state index contributed by atoms with van der Waals surface area (Å²) in [4.78, 5) is 24.3. The Morgan fingerprint density at radius 2 is 2.13 bits per heavy atom. The third-order valence-electron chi connectivity index (χ3n) is 4.07. The van der Waals surface area contributed by atoms with E-state index in [9.17, 15) is 9.59 Å². The Hall–Kier alpha value is -1.53. The van der Waals surface area contributed by atoms with E-state index in [4.69, 9.17) is 9.84 Å². The standard InChI is InChI=1S/C17H23NO4S/c1-12-3-4-14(9-13(12)2)23-8-5-15(19)18-17(10-16(20)21)6-7-22-11-17/h3-4,9H,5-8,10-11H2,1-2H3,(H,18,19)(H,20,21). The monoisotopic (exact) mass is 337 g/mol. The summed E-state index contributed by atoms with van der Waals surface area (Å²) >= 11 is 1.63. The highest BCUT2D eigenvalue weighted by molar-refractivity contribution is 7.99. The quantitative estimate of drug-likeness (QED) is 0.748. The van der Waals surface area contributed by atoms with Crippen LogP contribution in [0.5, 0.6) is 0 Å². The van der Waals surface area contributed by atoms with Gasteiger partial charge in [0.2, 0.25) is 5.91 Å². The van der Waals surface area contributed by atoms with Crippen LogP contribution < -0.4 is 5.32 Å². The molecule has 2 rings (SSSR count). The van der Waals surface area contributed by atoms with Gasteiger partial charge in [-0.3, -0.25) is 9.59 Å². The van der Waals surface area contributed by atoms with Crippen LogP contribution in [-0.4, -0.2) is 41.5 Å². The van der Waals surface area contributed by atoms with Gasteiger partial charge in [0.1, 0.15) is 0 Å². The number of amides is 1. The minimum Gasteiger partial charge on any atom is -0.481 e. The van der Waals surface area contributed by atoms with Crippen molar-refractivity contribution in [1.82, 2.24) is 5.32 Å². The SMILES string of the molecule is Cc1ccc(SCCC(=O)NC2(CC(=O)O)CCOC2)cc1C. The zero-order valence-electron chi connectivity index (χ0n) is 13.6. The molecule has 1 saturated heterocycles. The topological polar surface area (TPSA) is 75.6 Å². The molecule has 1 atom stereocenters. The van der Waals surface area contributed by atoms with Crippen LogP contribution in [0.25, 0.3) is 0 Å². The molecular weight excluding hydrogens is 314 g/mol. The summed E-state index contributed by atoms with van der Waals surface area (Å²) in [5.41, 5.74) is 1.75. The third kappa shape index (κ3) is 5.25. The number of thioether (sulfide) groups is 1. The molecule has 126 valence electrons.